The molecule has 3 rings (SSSR count). The Morgan fingerprint density at radius 2 is 2.10 bits per heavy atom. The Kier molecular flexibility index (Phi) is 3.70. The van der Waals surface area contributed by atoms with Gasteiger partial charge in [0.15, 0.2) is 5.58 Å². The fraction of sp³-hybridized carbons (Fsp3) is 0.200. The zero-order valence-corrected chi connectivity index (χ0v) is 12.6. The molecule has 0 saturated heterocycles. The van der Waals surface area contributed by atoms with Crippen LogP contribution in [0.3, 0.4) is 0 Å². The second kappa shape index (κ2) is 5.65. The number of fused-ring (bicyclic) bond motifs is 1. The van der Waals surface area contributed by atoms with Gasteiger partial charge >= 0.3 is 0 Å². The number of hydrogen-bond donors (Lipinski definition) is 1. The van der Waals surface area contributed by atoms with E-state index in [-0.39, 0.29) is 0 Å². The van der Waals surface area contributed by atoms with Crippen molar-refractivity contribution in [1.29, 1.82) is 0 Å². The second-order valence-corrected chi connectivity index (χ2v) is 5.56. The Hall–Kier alpha value is -2.21. The number of nitrogen functional groups attached to an aromatic ring is 1. The number of benzene rings is 1. The van der Waals surface area contributed by atoms with Gasteiger partial charge in [0.05, 0.1) is 12.8 Å². The van der Waals surface area contributed by atoms with Gasteiger partial charge in [0.2, 0.25) is 0 Å². The van der Waals surface area contributed by atoms with E-state index in [2.05, 4.69) is 9.97 Å². The van der Waals surface area contributed by atoms with Gasteiger partial charge in [-0.15, -0.1) is 0 Å². The monoisotopic (exact) mass is 301 g/mol. The van der Waals surface area contributed by atoms with Gasteiger partial charge in [-0.3, -0.25) is 4.98 Å². The average molecular weight is 301 g/mol. The lowest BCUT2D eigenvalue weighted by Crippen LogP contribution is -1.93. The van der Waals surface area contributed by atoms with Crippen LogP contribution in [-0.4, -0.2) is 17.1 Å². The first kappa shape index (κ1) is 13.8. The summed E-state index contributed by atoms with van der Waals surface area (Å²) in [6.07, 6.45) is 0. The van der Waals surface area contributed by atoms with Crippen LogP contribution in [-0.2, 0) is 5.75 Å². The first-order chi connectivity index (χ1) is 10.1. The van der Waals surface area contributed by atoms with Crippen LogP contribution in [0.1, 0.15) is 11.4 Å². The number of nitrogens with zero attached hydrogens (tertiary/aromatic N) is 2. The zero-order valence-electron chi connectivity index (χ0n) is 11.8. The minimum Gasteiger partial charge on any atom is -0.497 e. The van der Waals surface area contributed by atoms with Gasteiger partial charge < -0.3 is 14.9 Å². The molecule has 6 heteroatoms. The van der Waals surface area contributed by atoms with Crippen molar-refractivity contribution < 1.29 is 9.15 Å². The van der Waals surface area contributed by atoms with E-state index >= 15 is 0 Å². The number of pyridine rings is 1. The molecule has 108 valence electrons. The summed E-state index contributed by atoms with van der Waals surface area (Å²) in [6.45, 7) is 1.94. The normalized spacial score (nSPS) is 11.0. The molecular weight excluding hydrogens is 286 g/mol. The molecule has 0 amide bonds. The number of aromatic nitrogens is 2. The van der Waals surface area contributed by atoms with E-state index in [0.717, 1.165) is 22.7 Å². The molecule has 5 nitrogen and oxygen atoms in total. The topological polar surface area (TPSA) is 74.2 Å². The Labute approximate surface area is 126 Å². The van der Waals surface area contributed by atoms with Crippen LogP contribution in [0.5, 0.6) is 5.75 Å². The minimum absolute atomic E-state index is 0.609. The molecular formula is C15H15N3O2S. The van der Waals surface area contributed by atoms with E-state index in [0.29, 0.717) is 22.2 Å². The maximum absolute atomic E-state index is 5.73. The fourth-order valence-electron chi connectivity index (χ4n) is 2.01. The van der Waals surface area contributed by atoms with Crippen LogP contribution in [0.2, 0.25) is 0 Å². The highest BCUT2D eigenvalue weighted by atomic mass is 32.2. The lowest BCUT2D eigenvalue weighted by molar-refractivity contribution is 0.413. The van der Waals surface area contributed by atoms with Gasteiger partial charge in [-0.05, 0) is 19.1 Å². The summed E-state index contributed by atoms with van der Waals surface area (Å²) < 4.78 is 10.9. The number of ether oxygens (including phenoxy) is 1. The van der Waals surface area contributed by atoms with Crippen molar-refractivity contribution in [2.24, 2.45) is 0 Å². The van der Waals surface area contributed by atoms with Crippen molar-refractivity contribution in [3.8, 4) is 5.75 Å². The zero-order chi connectivity index (χ0) is 14.8. The van der Waals surface area contributed by atoms with E-state index < -0.39 is 0 Å². The van der Waals surface area contributed by atoms with Crippen molar-refractivity contribution >= 4 is 28.5 Å². The molecule has 0 aliphatic carbocycles. The second-order valence-electron chi connectivity index (χ2n) is 4.64. The van der Waals surface area contributed by atoms with Gasteiger partial charge in [-0.25, -0.2) is 4.98 Å². The summed E-state index contributed by atoms with van der Waals surface area (Å²) in [6, 6.07) is 9.26. The van der Waals surface area contributed by atoms with E-state index in [1.165, 1.54) is 11.8 Å². The molecule has 0 bridgehead atoms. The van der Waals surface area contributed by atoms with Crippen LogP contribution < -0.4 is 10.5 Å². The highest BCUT2D eigenvalue weighted by Gasteiger charge is 2.08. The quantitative estimate of drug-likeness (QED) is 0.588. The number of oxazole rings is 1. The van der Waals surface area contributed by atoms with Crippen molar-refractivity contribution in [1.82, 2.24) is 9.97 Å². The third kappa shape index (κ3) is 3.11. The fourth-order valence-corrected chi connectivity index (χ4v) is 2.74. The Balaban J connectivity index is 1.78. The predicted octanol–water partition coefficient (Wildman–Crippen LogP) is 3.41. The molecule has 3 aromatic rings. The van der Waals surface area contributed by atoms with Gasteiger partial charge in [-0.1, -0.05) is 11.8 Å². The smallest absolute Gasteiger partial charge is 0.257 e. The van der Waals surface area contributed by atoms with E-state index in [4.69, 9.17) is 14.9 Å². The standard InChI is InChI=1S/C15H15N3O2S/c1-9-5-12(19-2)7-11(17-9)8-21-15-18-13-4-3-10(16)6-14(13)20-15/h3-7H,8,16H2,1-2H3. The average Bonchev–Trinajstić information content (AvgIpc) is 2.86. The molecule has 1 aromatic carbocycles. The lowest BCUT2D eigenvalue weighted by atomic mass is 10.3. The minimum atomic E-state index is 0.609. The van der Waals surface area contributed by atoms with Crippen molar-refractivity contribution in [3.63, 3.8) is 0 Å². The number of thioether (sulfide) groups is 1. The first-order valence-electron chi connectivity index (χ1n) is 6.44. The molecule has 2 N–H and O–H groups in total. The van der Waals surface area contributed by atoms with Gasteiger partial charge in [0.1, 0.15) is 11.3 Å². The van der Waals surface area contributed by atoms with E-state index in [1.54, 1.807) is 13.2 Å². The third-order valence-corrected chi connectivity index (χ3v) is 3.81. The van der Waals surface area contributed by atoms with Crippen molar-refractivity contribution in [3.05, 3.63) is 41.7 Å². The lowest BCUT2D eigenvalue weighted by Gasteiger charge is -2.04. The molecule has 2 aromatic heterocycles. The molecule has 21 heavy (non-hydrogen) atoms. The van der Waals surface area contributed by atoms with Crippen molar-refractivity contribution in [2.75, 3.05) is 12.8 Å². The summed E-state index contributed by atoms with van der Waals surface area (Å²) in [5, 5.41) is 0.609. The molecule has 0 unspecified atom stereocenters. The molecule has 0 fully saturated rings. The molecule has 0 radical (unpaired) electrons. The maximum Gasteiger partial charge on any atom is 0.257 e. The highest BCUT2D eigenvalue weighted by Crippen LogP contribution is 2.27. The summed E-state index contributed by atoms with van der Waals surface area (Å²) in [5.41, 5.74) is 9.76. The number of nitrogens with two attached hydrogens (primary N) is 1. The SMILES string of the molecule is COc1cc(C)nc(CSc2nc3ccc(N)cc3o2)c1. The third-order valence-electron chi connectivity index (χ3n) is 2.95. The summed E-state index contributed by atoms with van der Waals surface area (Å²) >= 11 is 1.50. The Morgan fingerprint density at radius 1 is 1.24 bits per heavy atom. The molecule has 2 heterocycles. The Bertz CT molecular complexity index is 786. The molecule has 0 aliphatic heterocycles. The van der Waals surface area contributed by atoms with Crippen LogP contribution in [0.25, 0.3) is 11.1 Å². The van der Waals surface area contributed by atoms with Crippen LogP contribution in [0, 0.1) is 6.92 Å². The maximum atomic E-state index is 5.73. The number of hydrogen-bond acceptors (Lipinski definition) is 6. The summed E-state index contributed by atoms with van der Waals surface area (Å²) in [5.74, 6) is 1.48. The molecule has 0 spiro atoms. The van der Waals surface area contributed by atoms with E-state index in [9.17, 15) is 0 Å². The number of anilines is 1. The van der Waals surface area contributed by atoms with E-state index in [1.807, 2.05) is 31.2 Å². The van der Waals surface area contributed by atoms with Crippen molar-refractivity contribution in [2.45, 2.75) is 17.9 Å². The number of rotatable bonds is 4. The molecule has 0 atom stereocenters. The van der Waals surface area contributed by atoms with Crippen LogP contribution >= 0.6 is 11.8 Å². The number of aryl methyl sites for hydroxylation is 1. The number of methoxy groups -OCH3 is 1. The molecule has 0 saturated carbocycles. The predicted molar refractivity (Wildman–Crippen MR) is 83.5 cm³/mol. The first-order valence-corrected chi connectivity index (χ1v) is 7.43. The van der Waals surface area contributed by atoms with Gasteiger partial charge in [0, 0.05) is 35.3 Å². The van der Waals surface area contributed by atoms with Crippen LogP contribution in [0.4, 0.5) is 5.69 Å². The Morgan fingerprint density at radius 3 is 2.90 bits per heavy atom. The highest BCUT2D eigenvalue weighted by molar-refractivity contribution is 7.98. The molecule has 0 aliphatic rings. The van der Waals surface area contributed by atoms with Crippen LogP contribution in [0.15, 0.2) is 40.0 Å². The summed E-state index contributed by atoms with van der Waals surface area (Å²) in [4.78, 5) is 8.89. The largest absolute Gasteiger partial charge is 0.497 e. The van der Waals surface area contributed by atoms with Gasteiger partial charge in [0.25, 0.3) is 5.22 Å². The van der Waals surface area contributed by atoms with Gasteiger partial charge in [-0.2, -0.15) is 0 Å². The summed E-state index contributed by atoms with van der Waals surface area (Å²) in [7, 11) is 1.65.